The first-order valence-electron chi connectivity index (χ1n) is 16.9. The Labute approximate surface area is 252 Å². The third-order valence-corrected chi connectivity index (χ3v) is 8.32. The van der Waals surface area contributed by atoms with Crippen molar-refractivity contribution in [2.45, 2.75) is 154 Å². The SMILES string of the molecule is CCCCCCCCCCCC(OC(CCCCCCCCCCC)c1ccccc1C#N)c1ccccc1C#N. The molecule has 0 fully saturated rings. The van der Waals surface area contributed by atoms with Crippen molar-refractivity contribution in [2.24, 2.45) is 0 Å². The van der Waals surface area contributed by atoms with Gasteiger partial charge in [-0.3, -0.25) is 0 Å². The first-order chi connectivity index (χ1) is 20.2. The normalized spacial score (nSPS) is 12.5. The summed E-state index contributed by atoms with van der Waals surface area (Å²) in [5.74, 6) is 0. The summed E-state index contributed by atoms with van der Waals surface area (Å²) in [5.41, 5.74) is 3.37. The highest BCUT2D eigenvalue weighted by Gasteiger charge is 2.23. The van der Waals surface area contributed by atoms with Crippen LogP contribution in [0, 0.1) is 22.7 Å². The van der Waals surface area contributed by atoms with E-state index in [2.05, 4.69) is 38.1 Å². The van der Waals surface area contributed by atoms with E-state index in [-0.39, 0.29) is 12.2 Å². The number of hydrogen-bond acceptors (Lipinski definition) is 3. The molecule has 3 nitrogen and oxygen atoms in total. The molecule has 3 heteroatoms. The molecule has 0 saturated heterocycles. The van der Waals surface area contributed by atoms with Gasteiger partial charge in [0.15, 0.2) is 0 Å². The smallest absolute Gasteiger partial charge is 0.0995 e. The molecule has 0 amide bonds. The Morgan fingerprint density at radius 2 is 0.805 bits per heavy atom. The summed E-state index contributed by atoms with van der Waals surface area (Å²) in [6, 6.07) is 20.6. The van der Waals surface area contributed by atoms with Crippen LogP contribution in [-0.4, -0.2) is 0 Å². The molecule has 0 spiro atoms. The molecule has 0 aromatic heterocycles. The maximum absolute atomic E-state index is 9.87. The van der Waals surface area contributed by atoms with Crippen LogP contribution < -0.4 is 0 Å². The number of rotatable bonds is 24. The van der Waals surface area contributed by atoms with Gasteiger partial charge in [0.1, 0.15) is 0 Å². The van der Waals surface area contributed by atoms with E-state index in [9.17, 15) is 10.5 Å². The fraction of sp³-hybridized carbons (Fsp3) is 0.632. The highest BCUT2D eigenvalue weighted by Crippen LogP contribution is 2.36. The number of benzene rings is 2. The number of nitrogens with zero attached hydrogens (tertiary/aromatic N) is 2. The summed E-state index contributed by atoms with van der Waals surface area (Å²) >= 11 is 0. The van der Waals surface area contributed by atoms with Crippen LogP contribution in [0.5, 0.6) is 0 Å². The van der Waals surface area contributed by atoms with Crippen molar-refractivity contribution in [3.8, 4) is 12.1 Å². The fourth-order valence-corrected chi connectivity index (χ4v) is 5.83. The molecule has 2 unspecified atom stereocenters. The van der Waals surface area contributed by atoms with Crippen LogP contribution in [0.3, 0.4) is 0 Å². The van der Waals surface area contributed by atoms with Gasteiger partial charge in [0.25, 0.3) is 0 Å². The second-order valence-electron chi connectivity index (χ2n) is 11.7. The Hall–Kier alpha value is -2.62. The van der Waals surface area contributed by atoms with Crippen molar-refractivity contribution < 1.29 is 4.74 Å². The third kappa shape index (κ3) is 14.2. The van der Waals surface area contributed by atoms with Gasteiger partial charge in [-0.25, -0.2) is 0 Å². The molecule has 0 heterocycles. The lowest BCUT2D eigenvalue weighted by Crippen LogP contribution is -2.13. The van der Waals surface area contributed by atoms with E-state index in [0.717, 1.165) is 36.8 Å². The second kappa shape index (κ2) is 23.0. The van der Waals surface area contributed by atoms with Crippen LogP contribution >= 0.6 is 0 Å². The minimum Gasteiger partial charge on any atom is -0.366 e. The molecule has 0 aliphatic carbocycles. The molecule has 0 aliphatic rings. The minimum absolute atomic E-state index is 0.147. The predicted molar refractivity (Wildman–Crippen MR) is 173 cm³/mol. The van der Waals surface area contributed by atoms with E-state index in [4.69, 9.17) is 4.74 Å². The Morgan fingerprint density at radius 1 is 0.488 bits per heavy atom. The number of nitriles is 2. The van der Waals surface area contributed by atoms with Gasteiger partial charge < -0.3 is 4.74 Å². The first kappa shape index (κ1) is 34.6. The zero-order valence-electron chi connectivity index (χ0n) is 26.2. The minimum atomic E-state index is -0.147. The third-order valence-electron chi connectivity index (χ3n) is 8.32. The predicted octanol–water partition coefficient (Wildman–Crippen LogP) is 12.1. The van der Waals surface area contributed by atoms with Gasteiger partial charge in [-0.15, -0.1) is 0 Å². The van der Waals surface area contributed by atoms with Crippen LogP contribution in [0.15, 0.2) is 48.5 Å². The van der Waals surface area contributed by atoms with Gasteiger partial charge in [0.2, 0.25) is 0 Å². The number of hydrogen-bond donors (Lipinski definition) is 0. The molecule has 224 valence electrons. The van der Waals surface area contributed by atoms with Crippen LogP contribution in [0.2, 0.25) is 0 Å². The second-order valence-corrected chi connectivity index (χ2v) is 11.7. The summed E-state index contributed by atoms with van der Waals surface area (Å²) in [6.07, 6.45) is 24.6. The van der Waals surface area contributed by atoms with Crippen LogP contribution in [0.4, 0.5) is 0 Å². The molecule has 41 heavy (non-hydrogen) atoms. The van der Waals surface area contributed by atoms with E-state index in [1.165, 1.54) is 103 Å². The summed E-state index contributed by atoms with van der Waals surface area (Å²) in [7, 11) is 0. The van der Waals surface area contributed by atoms with Gasteiger partial charge >= 0.3 is 0 Å². The Balaban J connectivity index is 2.04. The van der Waals surface area contributed by atoms with Crippen LogP contribution in [-0.2, 0) is 4.74 Å². The first-order valence-corrected chi connectivity index (χ1v) is 16.9. The molecule has 0 radical (unpaired) electrons. The monoisotopic (exact) mass is 556 g/mol. The van der Waals surface area contributed by atoms with Crippen LogP contribution in [0.1, 0.15) is 177 Å². The van der Waals surface area contributed by atoms with Gasteiger partial charge in [-0.1, -0.05) is 166 Å². The molecule has 2 aromatic carbocycles. The van der Waals surface area contributed by atoms with Gasteiger partial charge in [0.05, 0.1) is 35.5 Å². The molecular weight excluding hydrogens is 500 g/mol. The summed E-state index contributed by atoms with van der Waals surface area (Å²) < 4.78 is 6.95. The van der Waals surface area contributed by atoms with E-state index >= 15 is 0 Å². The molecular formula is C38H56N2O. The Morgan fingerprint density at radius 3 is 1.15 bits per heavy atom. The fourth-order valence-electron chi connectivity index (χ4n) is 5.83. The van der Waals surface area contributed by atoms with Crippen molar-refractivity contribution in [3.05, 3.63) is 70.8 Å². The molecule has 2 aromatic rings. The summed E-state index contributed by atoms with van der Waals surface area (Å²) in [4.78, 5) is 0. The van der Waals surface area contributed by atoms with E-state index in [1.54, 1.807) is 0 Å². The topological polar surface area (TPSA) is 56.8 Å². The lowest BCUT2D eigenvalue weighted by molar-refractivity contribution is -0.0266. The highest BCUT2D eigenvalue weighted by atomic mass is 16.5. The standard InChI is InChI=1S/C38H56N2O/c1-3-5-7-9-11-13-15-17-19-29-37(35-27-23-21-25-33(35)31-39)41-38(36-28-24-22-26-34(36)32-40)30-20-18-16-14-12-10-8-6-4-2/h21-28,37-38H,3-20,29-30H2,1-2H3. The van der Waals surface area contributed by atoms with Crippen LogP contribution in [0.25, 0.3) is 0 Å². The van der Waals surface area contributed by atoms with E-state index < -0.39 is 0 Å². The van der Waals surface area contributed by atoms with Crippen molar-refractivity contribution in [2.75, 3.05) is 0 Å². The van der Waals surface area contributed by atoms with Gasteiger partial charge in [0, 0.05) is 0 Å². The van der Waals surface area contributed by atoms with E-state index in [0.29, 0.717) is 11.1 Å². The highest BCUT2D eigenvalue weighted by molar-refractivity contribution is 5.40. The number of ether oxygens (including phenoxy) is 1. The molecule has 0 saturated carbocycles. The maximum atomic E-state index is 9.87. The molecule has 2 atom stereocenters. The van der Waals surface area contributed by atoms with Gasteiger partial charge in [-0.2, -0.15) is 10.5 Å². The molecule has 2 rings (SSSR count). The van der Waals surface area contributed by atoms with Crippen molar-refractivity contribution >= 4 is 0 Å². The molecule has 0 aliphatic heterocycles. The van der Waals surface area contributed by atoms with E-state index in [1.807, 2.05) is 36.4 Å². The van der Waals surface area contributed by atoms with Crippen molar-refractivity contribution in [1.29, 1.82) is 10.5 Å². The van der Waals surface area contributed by atoms with Crippen molar-refractivity contribution in [1.82, 2.24) is 0 Å². The quantitative estimate of drug-likeness (QED) is 0.121. The Kier molecular flexibility index (Phi) is 19.4. The lowest BCUT2D eigenvalue weighted by Gasteiger charge is -2.27. The summed E-state index contributed by atoms with van der Waals surface area (Å²) in [6.45, 7) is 4.53. The van der Waals surface area contributed by atoms with Gasteiger partial charge in [-0.05, 0) is 36.1 Å². The lowest BCUT2D eigenvalue weighted by atomic mass is 9.95. The molecule has 0 bridgehead atoms. The van der Waals surface area contributed by atoms with Crippen molar-refractivity contribution in [3.63, 3.8) is 0 Å². The summed E-state index contributed by atoms with van der Waals surface area (Å²) in [5, 5.41) is 19.7. The largest absolute Gasteiger partial charge is 0.366 e. The molecule has 0 N–H and O–H groups in total. The average Bonchev–Trinajstić information content (AvgIpc) is 3.01. The zero-order chi connectivity index (χ0) is 29.4. The Bertz CT molecular complexity index is 936. The average molecular weight is 557 g/mol. The zero-order valence-corrected chi connectivity index (χ0v) is 26.2. The number of unbranched alkanes of at least 4 members (excludes halogenated alkanes) is 16. The maximum Gasteiger partial charge on any atom is 0.0995 e.